The summed E-state index contributed by atoms with van der Waals surface area (Å²) in [5, 5.41) is 8.96. The number of amides is 1. The highest BCUT2D eigenvalue weighted by Crippen LogP contribution is 2.28. The van der Waals surface area contributed by atoms with Crippen LogP contribution in [0.1, 0.15) is 29.5 Å². The fourth-order valence-electron chi connectivity index (χ4n) is 4.67. The summed E-state index contributed by atoms with van der Waals surface area (Å²) < 4.78 is 0. The summed E-state index contributed by atoms with van der Waals surface area (Å²) in [4.78, 5) is 17.9. The van der Waals surface area contributed by atoms with E-state index >= 15 is 0 Å². The lowest BCUT2D eigenvalue weighted by Crippen LogP contribution is -2.50. The van der Waals surface area contributed by atoms with Crippen molar-refractivity contribution in [2.75, 3.05) is 31.1 Å². The first-order valence-electron chi connectivity index (χ1n) is 12.3. The Morgan fingerprint density at radius 1 is 0.743 bits per heavy atom. The van der Waals surface area contributed by atoms with E-state index in [4.69, 9.17) is 0 Å². The molecule has 5 nitrogen and oxygen atoms in total. The number of carbonyl (C=O) groups is 1. The largest absolute Gasteiger partial charge is 0.352 e. The molecule has 176 valence electrons. The monoisotopic (exact) mass is 462 g/mol. The maximum atomic E-state index is 13.7. The highest BCUT2D eigenvalue weighted by atomic mass is 16.2. The van der Waals surface area contributed by atoms with Crippen molar-refractivity contribution in [3.63, 3.8) is 0 Å². The lowest BCUT2D eigenvalue weighted by Gasteiger charge is -2.37. The van der Waals surface area contributed by atoms with Crippen LogP contribution in [-0.2, 0) is 11.2 Å². The standard InChI is InChI=1S/C30H30N4O/c1-2-23-13-15-24(16-14-23)27-17-18-28(32-31-27)33-19-21-34(22-20-33)30(35)29(25-9-5-3-6-10-25)26-11-7-4-8-12-26/h3-18,29H,2,19-22H2,1H3. The van der Waals surface area contributed by atoms with Crippen molar-refractivity contribution in [3.8, 4) is 11.3 Å². The Labute approximate surface area is 207 Å². The lowest BCUT2D eigenvalue weighted by atomic mass is 9.90. The molecule has 0 unspecified atom stereocenters. The topological polar surface area (TPSA) is 49.3 Å². The number of rotatable bonds is 6. The van der Waals surface area contributed by atoms with Gasteiger partial charge in [0.2, 0.25) is 5.91 Å². The first-order chi connectivity index (χ1) is 17.2. The third-order valence-corrected chi connectivity index (χ3v) is 6.74. The van der Waals surface area contributed by atoms with Gasteiger partial charge in [-0.3, -0.25) is 4.79 Å². The molecule has 0 aliphatic carbocycles. The quantitative estimate of drug-likeness (QED) is 0.396. The number of aromatic nitrogens is 2. The van der Waals surface area contributed by atoms with Gasteiger partial charge in [0.1, 0.15) is 0 Å². The van der Waals surface area contributed by atoms with Crippen molar-refractivity contribution in [1.29, 1.82) is 0 Å². The van der Waals surface area contributed by atoms with E-state index in [0.29, 0.717) is 13.1 Å². The van der Waals surface area contributed by atoms with Gasteiger partial charge in [-0.1, -0.05) is 91.9 Å². The summed E-state index contributed by atoms with van der Waals surface area (Å²) >= 11 is 0. The Morgan fingerprint density at radius 3 is 1.86 bits per heavy atom. The number of hydrogen-bond donors (Lipinski definition) is 0. The molecule has 5 rings (SSSR count). The summed E-state index contributed by atoms with van der Waals surface area (Å²) in [5.74, 6) is 0.717. The highest BCUT2D eigenvalue weighted by molar-refractivity contribution is 5.87. The number of piperazine rings is 1. The Balaban J connectivity index is 1.26. The van der Waals surface area contributed by atoms with Gasteiger partial charge in [-0.05, 0) is 35.2 Å². The van der Waals surface area contributed by atoms with E-state index in [1.54, 1.807) is 0 Å². The second-order valence-corrected chi connectivity index (χ2v) is 8.89. The molecule has 3 aromatic carbocycles. The van der Waals surface area contributed by atoms with Crippen LogP contribution in [0.3, 0.4) is 0 Å². The first kappa shape index (κ1) is 22.8. The lowest BCUT2D eigenvalue weighted by molar-refractivity contribution is -0.132. The van der Waals surface area contributed by atoms with Crippen LogP contribution in [0.25, 0.3) is 11.3 Å². The van der Waals surface area contributed by atoms with Crippen LogP contribution in [0.15, 0.2) is 97.1 Å². The van der Waals surface area contributed by atoms with Gasteiger partial charge < -0.3 is 9.80 Å². The Kier molecular flexibility index (Phi) is 6.85. The molecule has 0 saturated carbocycles. The predicted molar refractivity (Wildman–Crippen MR) is 140 cm³/mol. The molecule has 1 aromatic heterocycles. The SMILES string of the molecule is CCc1ccc(-c2ccc(N3CCN(C(=O)C(c4ccccc4)c4ccccc4)CC3)nn2)cc1. The molecular formula is C30H30N4O. The second kappa shape index (κ2) is 10.5. The van der Waals surface area contributed by atoms with Gasteiger partial charge in [0, 0.05) is 31.7 Å². The van der Waals surface area contributed by atoms with Crippen molar-refractivity contribution >= 4 is 11.7 Å². The Bertz CT molecular complexity index is 1190. The van der Waals surface area contributed by atoms with Crippen LogP contribution in [0.2, 0.25) is 0 Å². The Morgan fingerprint density at radius 2 is 1.34 bits per heavy atom. The van der Waals surface area contributed by atoms with E-state index < -0.39 is 0 Å². The molecule has 4 aromatic rings. The minimum absolute atomic E-state index is 0.152. The number of anilines is 1. The fraction of sp³-hybridized carbons (Fsp3) is 0.233. The molecule has 0 spiro atoms. The molecule has 1 saturated heterocycles. The van der Waals surface area contributed by atoms with Crippen LogP contribution in [0.4, 0.5) is 5.82 Å². The van der Waals surface area contributed by atoms with E-state index in [1.165, 1.54) is 5.56 Å². The van der Waals surface area contributed by atoms with E-state index in [0.717, 1.165) is 47.7 Å². The molecule has 1 aliphatic heterocycles. The average molecular weight is 463 g/mol. The fourth-order valence-corrected chi connectivity index (χ4v) is 4.67. The number of benzene rings is 3. The number of hydrogen-bond acceptors (Lipinski definition) is 4. The average Bonchev–Trinajstić information content (AvgIpc) is 2.94. The van der Waals surface area contributed by atoms with Gasteiger partial charge in [0.05, 0.1) is 11.6 Å². The van der Waals surface area contributed by atoms with Crippen molar-refractivity contribution in [3.05, 3.63) is 114 Å². The number of carbonyl (C=O) groups excluding carboxylic acids is 1. The van der Waals surface area contributed by atoms with Crippen LogP contribution in [0.5, 0.6) is 0 Å². The molecule has 0 radical (unpaired) electrons. The molecular weight excluding hydrogens is 432 g/mol. The van der Waals surface area contributed by atoms with Gasteiger partial charge in [0.25, 0.3) is 0 Å². The van der Waals surface area contributed by atoms with Gasteiger partial charge in [0.15, 0.2) is 5.82 Å². The molecule has 1 aliphatic rings. The molecule has 1 fully saturated rings. The zero-order chi connectivity index (χ0) is 24.0. The van der Waals surface area contributed by atoms with E-state index in [2.05, 4.69) is 46.3 Å². The molecule has 0 bridgehead atoms. The van der Waals surface area contributed by atoms with Crippen molar-refractivity contribution in [1.82, 2.24) is 15.1 Å². The first-order valence-corrected chi connectivity index (χ1v) is 12.3. The van der Waals surface area contributed by atoms with Crippen molar-refractivity contribution < 1.29 is 4.79 Å². The summed E-state index contributed by atoms with van der Waals surface area (Å²) in [5.41, 5.74) is 5.31. The van der Waals surface area contributed by atoms with Crippen molar-refractivity contribution in [2.45, 2.75) is 19.3 Å². The highest BCUT2D eigenvalue weighted by Gasteiger charge is 2.30. The van der Waals surface area contributed by atoms with Crippen LogP contribution >= 0.6 is 0 Å². The van der Waals surface area contributed by atoms with E-state index in [-0.39, 0.29) is 11.8 Å². The number of nitrogens with zero attached hydrogens (tertiary/aromatic N) is 4. The Hall–Kier alpha value is -3.99. The summed E-state index contributed by atoms with van der Waals surface area (Å²) in [7, 11) is 0. The third-order valence-electron chi connectivity index (χ3n) is 6.74. The maximum Gasteiger partial charge on any atom is 0.234 e. The van der Waals surface area contributed by atoms with Crippen LogP contribution in [0, 0.1) is 0 Å². The minimum Gasteiger partial charge on any atom is -0.352 e. The second-order valence-electron chi connectivity index (χ2n) is 8.89. The van der Waals surface area contributed by atoms with E-state index in [9.17, 15) is 4.79 Å². The molecule has 0 N–H and O–H groups in total. The summed E-state index contributed by atoms with van der Waals surface area (Å²) in [6.45, 7) is 4.96. The van der Waals surface area contributed by atoms with Crippen LogP contribution < -0.4 is 4.90 Å². The summed E-state index contributed by atoms with van der Waals surface area (Å²) in [6, 6.07) is 32.7. The number of aryl methyl sites for hydroxylation is 1. The van der Waals surface area contributed by atoms with Gasteiger partial charge in [-0.2, -0.15) is 0 Å². The maximum absolute atomic E-state index is 13.7. The zero-order valence-corrected chi connectivity index (χ0v) is 20.0. The molecule has 2 heterocycles. The van der Waals surface area contributed by atoms with E-state index in [1.807, 2.05) is 77.7 Å². The molecule has 5 heteroatoms. The smallest absolute Gasteiger partial charge is 0.234 e. The third kappa shape index (κ3) is 5.09. The van der Waals surface area contributed by atoms with Crippen molar-refractivity contribution in [2.24, 2.45) is 0 Å². The molecule has 0 atom stereocenters. The normalized spacial score (nSPS) is 13.8. The minimum atomic E-state index is -0.290. The van der Waals surface area contributed by atoms with Gasteiger partial charge >= 0.3 is 0 Å². The predicted octanol–water partition coefficient (Wildman–Crippen LogP) is 5.19. The van der Waals surface area contributed by atoms with Crippen LogP contribution in [-0.4, -0.2) is 47.2 Å². The zero-order valence-electron chi connectivity index (χ0n) is 20.0. The molecule has 1 amide bonds. The molecule has 35 heavy (non-hydrogen) atoms. The van der Waals surface area contributed by atoms with Gasteiger partial charge in [-0.25, -0.2) is 0 Å². The van der Waals surface area contributed by atoms with Gasteiger partial charge in [-0.15, -0.1) is 10.2 Å². The summed E-state index contributed by atoms with van der Waals surface area (Å²) in [6.07, 6.45) is 1.02.